The molecule has 0 aliphatic carbocycles. The van der Waals surface area contributed by atoms with E-state index < -0.39 is 0 Å². The number of amides is 1. The first kappa shape index (κ1) is 19.6. The molecule has 0 saturated carbocycles. The number of carbonyl (C=O) groups excluding carboxylic acids is 1. The van der Waals surface area contributed by atoms with Crippen LogP contribution in [0.4, 0.5) is 5.82 Å². The van der Waals surface area contributed by atoms with Crippen LogP contribution in [-0.4, -0.2) is 48.2 Å². The van der Waals surface area contributed by atoms with E-state index in [9.17, 15) is 4.79 Å². The number of benzene rings is 1. The van der Waals surface area contributed by atoms with Gasteiger partial charge in [0.2, 0.25) is 0 Å². The predicted octanol–water partition coefficient (Wildman–Crippen LogP) is 3.20. The SMILES string of the molecule is CCNc1ccc(-c2cccc(C(=O)NC[C@@H](c3ccco3)N(C)C)c2)nn1. The first-order valence-corrected chi connectivity index (χ1v) is 9.24. The average Bonchev–Trinajstić information content (AvgIpc) is 3.23. The first-order valence-electron chi connectivity index (χ1n) is 9.24. The van der Waals surface area contributed by atoms with E-state index in [1.165, 1.54) is 0 Å². The number of furan rings is 1. The molecule has 1 aromatic carbocycles. The van der Waals surface area contributed by atoms with Crippen molar-refractivity contribution in [3.05, 3.63) is 66.1 Å². The Labute approximate surface area is 164 Å². The molecule has 2 aromatic heterocycles. The molecule has 0 fully saturated rings. The second kappa shape index (κ2) is 9.14. The van der Waals surface area contributed by atoms with Crippen LogP contribution in [0.1, 0.15) is 29.1 Å². The van der Waals surface area contributed by atoms with Gasteiger partial charge in [-0.1, -0.05) is 12.1 Å². The summed E-state index contributed by atoms with van der Waals surface area (Å²) in [5, 5.41) is 14.5. The molecule has 0 aliphatic rings. The lowest BCUT2D eigenvalue weighted by Crippen LogP contribution is -2.34. The zero-order valence-corrected chi connectivity index (χ0v) is 16.3. The summed E-state index contributed by atoms with van der Waals surface area (Å²) in [7, 11) is 3.91. The fourth-order valence-corrected chi connectivity index (χ4v) is 2.89. The van der Waals surface area contributed by atoms with Crippen molar-refractivity contribution in [1.82, 2.24) is 20.4 Å². The number of hydrogen-bond acceptors (Lipinski definition) is 6. The van der Waals surface area contributed by atoms with E-state index in [1.54, 1.807) is 12.3 Å². The van der Waals surface area contributed by atoms with Gasteiger partial charge in [-0.2, -0.15) is 0 Å². The maximum Gasteiger partial charge on any atom is 0.251 e. The Morgan fingerprint density at radius 2 is 2.00 bits per heavy atom. The number of carbonyl (C=O) groups is 1. The molecule has 7 nitrogen and oxygen atoms in total. The van der Waals surface area contributed by atoms with Crippen LogP contribution in [0.2, 0.25) is 0 Å². The standard InChI is InChI=1S/C21H25N5O2/c1-4-22-20-11-10-17(24-25-20)15-7-5-8-16(13-15)21(27)23-14-18(26(2)3)19-9-6-12-28-19/h5-13,18H,4,14H2,1-3H3,(H,22,25)(H,23,27)/t18-/m0/s1. The number of nitrogens with one attached hydrogen (secondary N) is 2. The summed E-state index contributed by atoms with van der Waals surface area (Å²) >= 11 is 0. The molecule has 2 N–H and O–H groups in total. The summed E-state index contributed by atoms with van der Waals surface area (Å²) in [5.41, 5.74) is 2.14. The Kier molecular flexibility index (Phi) is 6.39. The Morgan fingerprint density at radius 3 is 2.64 bits per heavy atom. The van der Waals surface area contributed by atoms with Crippen LogP contribution in [0, 0.1) is 0 Å². The molecular weight excluding hydrogens is 354 g/mol. The van der Waals surface area contributed by atoms with Crippen LogP contribution in [0.3, 0.4) is 0 Å². The van der Waals surface area contributed by atoms with E-state index in [0.717, 1.165) is 29.4 Å². The topological polar surface area (TPSA) is 83.3 Å². The molecule has 0 bridgehead atoms. The van der Waals surface area contributed by atoms with Crippen molar-refractivity contribution in [3.63, 3.8) is 0 Å². The summed E-state index contributed by atoms with van der Waals surface area (Å²) < 4.78 is 5.49. The molecule has 0 radical (unpaired) electrons. The second-order valence-electron chi connectivity index (χ2n) is 6.62. The highest BCUT2D eigenvalue weighted by Gasteiger charge is 2.18. The van der Waals surface area contributed by atoms with E-state index >= 15 is 0 Å². The van der Waals surface area contributed by atoms with Crippen molar-refractivity contribution in [2.45, 2.75) is 13.0 Å². The van der Waals surface area contributed by atoms with E-state index in [2.05, 4.69) is 20.8 Å². The monoisotopic (exact) mass is 379 g/mol. The molecule has 28 heavy (non-hydrogen) atoms. The van der Waals surface area contributed by atoms with Gasteiger partial charge in [-0.05, 0) is 57.4 Å². The van der Waals surface area contributed by atoms with Gasteiger partial charge in [0.25, 0.3) is 5.91 Å². The number of rotatable bonds is 8. The highest BCUT2D eigenvalue weighted by Crippen LogP contribution is 2.20. The number of anilines is 1. The van der Waals surface area contributed by atoms with Crippen molar-refractivity contribution >= 4 is 11.7 Å². The first-order chi connectivity index (χ1) is 13.6. The predicted molar refractivity (Wildman–Crippen MR) is 109 cm³/mol. The van der Waals surface area contributed by atoms with Crippen molar-refractivity contribution in [2.75, 3.05) is 32.5 Å². The van der Waals surface area contributed by atoms with Crippen LogP contribution < -0.4 is 10.6 Å². The number of hydrogen-bond donors (Lipinski definition) is 2. The number of nitrogens with zero attached hydrogens (tertiary/aromatic N) is 3. The molecule has 0 unspecified atom stereocenters. The molecule has 3 rings (SSSR count). The van der Waals surface area contributed by atoms with Gasteiger partial charge in [0.15, 0.2) is 0 Å². The van der Waals surface area contributed by atoms with Gasteiger partial charge in [-0.25, -0.2) is 0 Å². The number of likely N-dealkylation sites (N-methyl/N-ethyl adjacent to an activating group) is 1. The Bertz CT molecular complexity index is 891. The van der Waals surface area contributed by atoms with Crippen molar-refractivity contribution in [1.29, 1.82) is 0 Å². The molecule has 3 aromatic rings. The second-order valence-corrected chi connectivity index (χ2v) is 6.62. The molecule has 146 valence electrons. The smallest absolute Gasteiger partial charge is 0.251 e. The molecule has 1 amide bonds. The summed E-state index contributed by atoms with van der Waals surface area (Å²) in [6.45, 7) is 3.24. The third-order valence-corrected chi connectivity index (χ3v) is 4.39. The summed E-state index contributed by atoms with van der Waals surface area (Å²) in [6.07, 6.45) is 1.64. The minimum Gasteiger partial charge on any atom is -0.468 e. The van der Waals surface area contributed by atoms with E-state index in [0.29, 0.717) is 12.1 Å². The summed E-state index contributed by atoms with van der Waals surface area (Å²) in [6, 6.07) is 14.9. The Morgan fingerprint density at radius 1 is 1.14 bits per heavy atom. The lowest BCUT2D eigenvalue weighted by atomic mass is 10.1. The lowest BCUT2D eigenvalue weighted by Gasteiger charge is -2.22. The van der Waals surface area contributed by atoms with Crippen LogP contribution in [0.5, 0.6) is 0 Å². The lowest BCUT2D eigenvalue weighted by molar-refractivity contribution is 0.0939. The molecular formula is C21H25N5O2. The van der Waals surface area contributed by atoms with Gasteiger partial charge < -0.3 is 15.1 Å². The van der Waals surface area contributed by atoms with Crippen LogP contribution >= 0.6 is 0 Å². The highest BCUT2D eigenvalue weighted by molar-refractivity contribution is 5.95. The normalized spacial score (nSPS) is 12.0. The van der Waals surface area contributed by atoms with Gasteiger partial charge in [0.05, 0.1) is 18.0 Å². The molecule has 2 heterocycles. The van der Waals surface area contributed by atoms with Gasteiger partial charge in [-0.15, -0.1) is 10.2 Å². The summed E-state index contributed by atoms with van der Waals surface area (Å²) in [5.74, 6) is 1.40. The number of aromatic nitrogens is 2. The van der Waals surface area contributed by atoms with E-state index in [4.69, 9.17) is 4.42 Å². The van der Waals surface area contributed by atoms with Gasteiger partial charge in [0.1, 0.15) is 11.6 Å². The van der Waals surface area contributed by atoms with Crippen molar-refractivity contribution in [3.8, 4) is 11.3 Å². The molecule has 0 saturated heterocycles. The largest absolute Gasteiger partial charge is 0.468 e. The quantitative estimate of drug-likeness (QED) is 0.625. The van der Waals surface area contributed by atoms with E-state index in [-0.39, 0.29) is 11.9 Å². The van der Waals surface area contributed by atoms with Gasteiger partial charge in [-0.3, -0.25) is 9.69 Å². The Hall–Kier alpha value is -3.19. The maximum atomic E-state index is 12.7. The zero-order valence-electron chi connectivity index (χ0n) is 16.3. The highest BCUT2D eigenvalue weighted by atomic mass is 16.3. The molecule has 0 spiro atoms. The molecule has 1 atom stereocenters. The van der Waals surface area contributed by atoms with Crippen LogP contribution in [0.25, 0.3) is 11.3 Å². The zero-order chi connectivity index (χ0) is 19.9. The van der Waals surface area contributed by atoms with Gasteiger partial charge >= 0.3 is 0 Å². The molecule has 7 heteroatoms. The van der Waals surface area contributed by atoms with E-state index in [1.807, 2.05) is 68.4 Å². The third-order valence-electron chi connectivity index (χ3n) is 4.39. The van der Waals surface area contributed by atoms with Gasteiger partial charge in [0, 0.05) is 24.2 Å². The summed E-state index contributed by atoms with van der Waals surface area (Å²) in [4.78, 5) is 14.7. The fraction of sp³-hybridized carbons (Fsp3) is 0.286. The molecule has 0 aliphatic heterocycles. The van der Waals surface area contributed by atoms with Crippen LogP contribution in [-0.2, 0) is 0 Å². The fourth-order valence-electron chi connectivity index (χ4n) is 2.89. The average molecular weight is 379 g/mol. The van der Waals surface area contributed by atoms with Crippen molar-refractivity contribution < 1.29 is 9.21 Å². The minimum absolute atomic E-state index is 0.0355. The maximum absolute atomic E-state index is 12.7. The Balaban J connectivity index is 1.69. The minimum atomic E-state index is -0.141. The van der Waals surface area contributed by atoms with Crippen molar-refractivity contribution in [2.24, 2.45) is 0 Å². The third kappa shape index (κ3) is 4.75. The van der Waals surface area contributed by atoms with Crippen LogP contribution in [0.15, 0.2) is 59.2 Å².